The minimum atomic E-state index is 0.350. The molecule has 0 aromatic rings. The van der Waals surface area contributed by atoms with Gasteiger partial charge in [-0.1, -0.05) is 0 Å². The first-order valence-electron chi connectivity index (χ1n) is 5.69. The zero-order valence-electron chi connectivity index (χ0n) is 9.53. The first kappa shape index (κ1) is 12.8. The molecule has 1 aliphatic rings. The molecule has 1 fully saturated rings. The molecule has 0 amide bonds. The van der Waals surface area contributed by atoms with Crippen LogP contribution in [-0.2, 0) is 0 Å². The van der Waals surface area contributed by atoms with Crippen LogP contribution in [0.2, 0.25) is 0 Å². The van der Waals surface area contributed by atoms with Crippen molar-refractivity contribution in [3.8, 4) is 0 Å². The van der Waals surface area contributed by atoms with Crippen LogP contribution >= 0.6 is 0 Å². The van der Waals surface area contributed by atoms with Crippen molar-refractivity contribution in [2.24, 2.45) is 0 Å². The Kier molecular flexibility index (Phi) is 7.71. The Hall–Kier alpha value is -0.240. The summed E-state index contributed by atoms with van der Waals surface area (Å²) in [5, 5.41) is 19.9. The quantitative estimate of drug-likeness (QED) is 0.275. The second-order valence-corrected chi connectivity index (χ2v) is 3.66. The Balaban J connectivity index is 2.10. The lowest BCUT2D eigenvalue weighted by Crippen LogP contribution is -2.48. The van der Waals surface area contributed by atoms with Crippen LogP contribution in [0, 0.1) is 0 Å². The van der Waals surface area contributed by atoms with Gasteiger partial charge in [0.15, 0.2) is 0 Å². The maximum Gasteiger partial charge on any atom is 0.0552 e. The van der Waals surface area contributed by atoms with Gasteiger partial charge in [-0.3, -0.25) is 10.6 Å². The van der Waals surface area contributed by atoms with Gasteiger partial charge in [0.25, 0.3) is 0 Å². The second-order valence-electron chi connectivity index (χ2n) is 3.66. The van der Waals surface area contributed by atoms with Gasteiger partial charge in [-0.15, -0.1) is 0 Å². The molecule has 1 unspecified atom stereocenters. The lowest BCUT2D eigenvalue weighted by atomic mass is 10.5. The fourth-order valence-electron chi connectivity index (χ4n) is 1.36. The van der Waals surface area contributed by atoms with E-state index in [4.69, 9.17) is 0 Å². The van der Waals surface area contributed by atoms with E-state index in [9.17, 15) is 0 Å². The summed E-state index contributed by atoms with van der Waals surface area (Å²) in [6, 6.07) is 0. The molecule has 0 radical (unpaired) electrons. The number of rotatable bonds is 0. The van der Waals surface area contributed by atoms with Crippen LogP contribution < -0.4 is 31.9 Å². The van der Waals surface area contributed by atoms with Gasteiger partial charge in [0.1, 0.15) is 0 Å². The summed E-state index contributed by atoms with van der Waals surface area (Å²) in [5.74, 6) is 0. The van der Waals surface area contributed by atoms with Gasteiger partial charge < -0.3 is 21.3 Å². The maximum absolute atomic E-state index is 3.38. The molecule has 0 saturated carbocycles. The summed E-state index contributed by atoms with van der Waals surface area (Å²) in [6.45, 7) is 8.59. The van der Waals surface area contributed by atoms with Crippen molar-refractivity contribution in [1.29, 1.82) is 0 Å². The van der Waals surface area contributed by atoms with Gasteiger partial charge in [-0.05, 0) is 6.92 Å². The van der Waals surface area contributed by atoms with E-state index in [1.54, 1.807) is 0 Å². The molecule has 1 heterocycles. The molecule has 0 bridgehead atoms. The molecular formula is C9H24N6. The molecule has 6 N–H and O–H groups in total. The minimum absolute atomic E-state index is 0.350. The van der Waals surface area contributed by atoms with Gasteiger partial charge in [0.05, 0.1) is 6.17 Å². The summed E-state index contributed by atoms with van der Waals surface area (Å²) in [5.41, 5.74) is 0. The predicted octanol–water partition coefficient (Wildman–Crippen LogP) is -2.24. The van der Waals surface area contributed by atoms with Crippen LogP contribution in [0.3, 0.4) is 0 Å². The summed E-state index contributed by atoms with van der Waals surface area (Å²) in [6.07, 6.45) is 0.350. The Morgan fingerprint density at radius 3 is 2.00 bits per heavy atom. The summed E-state index contributed by atoms with van der Waals surface area (Å²) < 4.78 is 0. The standard InChI is InChI=1S/C9H24N6/c1-9-14-5-4-11-7-13-6-10-2-3-12-8-15-9/h9-15H,2-8H2,1H3. The maximum atomic E-state index is 3.38. The number of nitrogens with one attached hydrogen (secondary N) is 6. The predicted molar refractivity (Wildman–Crippen MR) is 62.3 cm³/mol. The highest BCUT2D eigenvalue weighted by atomic mass is 15.2. The topological polar surface area (TPSA) is 72.2 Å². The van der Waals surface area contributed by atoms with Gasteiger partial charge in [-0.25, -0.2) is 0 Å². The average Bonchev–Trinajstić information content (AvgIpc) is 2.24. The first-order chi connectivity index (χ1) is 7.39. The van der Waals surface area contributed by atoms with Crippen molar-refractivity contribution in [2.75, 3.05) is 46.2 Å². The Morgan fingerprint density at radius 1 is 0.667 bits per heavy atom. The number of hydrogen-bond donors (Lipinski definition) is 6. The van der Waals surface area contributed by atoms with Crippen molar-refractivity contribution in [1.82, 2.24) is 31.9 Å². The zero-order valence-corrected chi connectivity index (χ0v) is 9.53. The molecule has 6 heteroatoms. The number of hydrogen-bond acceptors (Lipinski definition) is 6. The van der Waals surface area contributed by atoms with Gasteiger partial charge >= 0.3 is 0 Å². The summed E-state index contributed by atoms with van der Waals surface area (Å²) in [4.78, 5) is 0. The fourth-order valence-corrected chi connectivity index (χ4v) is 1.36. The highest BCUT2D eigenvalue weighted by Gasteiger charge is 1.98. The van der Waals surface area contributed by atoms with Crippen LogP contribution in [0.15, 0.2) is 0 Å². The van der Waals surface area contributed by atoms with Crippen LogP contribution in [-0.4, -0.2) is 52.4 Å². The molecule has 15 heavy (non-hydrogen) atoms. The molecular weight excluding hydrogens is 192 g/mol. The Bertz CT molecular complexity index is 129. The third kappa shape index (κ3) is 7.66. The molecule has 90 valence electrons. The SMILES string of the molecule is CC1NCCNCNCNCCNCN1. The van der Waals surface area contributed by atoms with Crippen LogP contribution in [0.4, 0.5) is 0 Å². The van der Waals surface area contributed by atoms with Crippen molar-refractivity contribution >= 4 is 0 Å². The summed E-state index contributed by atoms with van der Waals surface area (Å²) in [7, 11) is 0. The van der Waals surface area contributed by atoms with Crippen LogP contribution in [0.25, 0.3) is 0 Å². The Labute approximate surface area is 92.0 Å². The highest BCUT2D eigenvalue weighted by Crippen LogP contribution is 1.72. The van der Waals surface area contributed by atoms with E-state index in [0.717, 1.165) is 46.2 Å². The fraction of sp³-hybridized carbons (Fsp3) is 1.00. The first-order valence-corrected chi connectivity index (χ1v) is 5.69. The highest BCUT2D eigenvalue weighted by molar-refractivity contribution is 4.60. The lowest BCUT2D eigenvalue weighted by Gasteiger charge is -2.17. The zero-order chi connectivity index (χ0) is 10.8. The molecule has 0 spiro atoms. The molecule has 6 nitrogen and oxygen atoms in total. The van der Waals surface area contributed by atoms with E-state index in [2.05, 4.69) is 38.8 Å². The normalized spacial score (nSPS) is 28.2. The molecule has 0 aromatic carbocycles. The van der Waals surface area contributed by atoms with Gasteiger partial charge in [0.2, 0.25) is 0 Å². The third-order valence-electron chi connectivity index (χ3n) is 2.26. The van der Waals surface area contributed by atoms with E-state index in [-0.39, 0.29) is 0 Å². The lowest BCUT2D eigenvalue weighted by molar-refractivity contribution is 0.416. The van der Waals surface area contributed by atoms with Gasteiger partial charge in [-0.2, -0.15) is 0 Å². The van der Waals surface area contributed by atoms with E-state index < -0.39 is 0 Å². The Morgan fingerprint density at radius 2 is 1.27 bits per heavy atom. The summed E-state index contributed by atoms with van der Waals surface area (Å²) >= 11 is 0. The van der Waals surface area contributed by atoms with Crippen molar-refractivity contribution in [3.05, 3.63) is 0 Å². The van der Waals surface area contributed by atoms with E-state index in [1.165, 1.54) is 0 Å². The van der Waals surface area contributed by atoms with E-state index in [0.29, 0.717) is 6.17 Å². The van der Waals surface area contributed by atoms with Gasteiger partial charge in [0, 0.05) is 46.2 Å². The monoisotopic (exact) mass is 216 g/mol. The molecule has 1 aliphatic heterocycles. The molecule has 1 rings (SSSR count). The smallest absolute Gasteiger partial charge is 0.0552 e. The second kappa shape index (κ2) is 9.02. The van der Waals surface area contributed by atoms with Crippen LogP contribution in [0.1, 0.15) is 6.92 Å². The molecule has 1 saturated heterocycles. The van der Waals surface area contributed by atoms with Crippen molar-refractivity contribution < 1.29 is 0 Å². The van der Waals surface area contributed by atoms with Crippen molar-refractivity contribution in [2.45, 2.75) is 13.1 Å². The van der Waals surface area contributed by atoms with Crippen LogP contribution in [0.5, 0.6) is 0 Å². The van der Waals surface area contributed by atoms with Crippen molar-refractivity contribution in [3.63, 3.8) is 0 Å². The third-order valence-corrected chi connectivity index (χ3v) is 2.26. The largest absolute Gasteiger partial charge is 0.303 e. The average molecular weight is 216 g/mol. The molecule has 0 aromatic heterocycles. The van der Waals surface area contributed by atoms with E-state index in [1.807, 2.05) is 0 Å². The molecule has 0 aliphatic carbocycles. The van der Waals surface area contributed by atoms with E-state index >= 15 is 0 Å². The molecule has 1 atom stereocenters. The minimum Gasteiger partial charge on any atom is -0.303 e.